The van der Waals surface area contributed by atoms with Gasteiger partial charge in [0.15, 0.2) is 0 Å². The van der Waals surface area contributed by atoms with Crippen LogP contribution in [-0.2, 0) is 4.74 Å². The van der Waals surface area contributed by atoms with Gasteiger partial charge < -0.3 is 25.4 Å². The number of aliphatic hydroxyl groups excluding tert-OH is 3. The van der Waals surface area contributed by atoms with Gasteiger partial charge in [0.2, 0.25) is 0 Å². The number of carbonyl (C=O) groups is 1. The van der Waals surface area contributed by atoms with Gasteiger partial charge in [0.25, 0.3) is 0 Å². The Morgan fingerprint density at radius 1 is 1.39 bits per heavy atom. The summed E-state index contributed by atoms with van der Waals surface area (Å²) in [5.41, 5.74) is -0.734. The van der Waals surface area contributed by atoms with Crippen LogP contribution in [0.15, 0.2) is 18.3 Å². The van der Waals surface area contributed by atoms with Crippen molar-refractivity contribution in [3.63, 3.8) is 0 Å². The van der Waals surface area contributed by atoms with Crippen molar-refractivity contribution < 1.29 is 24.9 Å². The van der Waals surface area contributed by atoms with Crippen LogP contribution in [0.2, 0.25) is 0 Å². The van der Waals surface area contributed by atoms with E-state index in [4.69, 9.17) is 0 Å². The van der Waals surface area contributed by atoms with E-state index in [1.54, 1.807) is 6.07 Å². The molecule has 0 aliphatic carbocycles. The molecule has 0 amide bonds. The molecular weight excluding hydrogens is 240 g/mol. The minimum absolute atomic E-state index is 0.0882. The molecule has 0 fully saturated rings. The molecule has 1 heterocycles. The van der Waals surface area contributed by atoms with E-state index in [0.29, 0.717) is 5.69 Å². The third-order valence-corrected chi connectivity index (χ3v) is 2.47. The number of anilines is 1. The molecule has 0 aliphatic heterocycles. The van der Waals surface area contributed by atoms with E-state index in [-0.39, 0.29) is 5.69 Å². The van der Waals surface area contributed by atoms with E-state index in [1.165, 1.54) is 19.4 Å². The van der Waals surface area contributed by atoms with Gasteiger partial charge in [-0.05, 0) is 12.1 Å². The Hall–Kier alpha value is -1.70. The van der Waals surface area contributed by atoms with Gasteiger partial charge in [0, 0.05) is 11.9 Å². The summed E-state index contributed by atoms with van der Waals surface area (Å²) in [7, 11) is 1.24. The van der Waals surface area contributed by atoms with Crippen molar-refractivity contribution in [2.24, 2.45) is 0 Å². The van der Waals surface area contributed by atoms with E-state index in [1.807, 2.05) is 0 Å². The number of aromatic nitrogens is 1. The first-order valence-electron chi connectivity index (χ1n) is 5.26. The number of nitrogens with one attached hydrogen (secondary N) is 1. The zero-order valence-electron chi connectivity index (χ0n) is 9.96. The van der Waals surface area contributed by atoms with Gasteiger partial charge in [-0.25, -0.2) is 9.78 Å². The number of rotatable bonds is 6. The van der Waals surface area contributed by atoms with Crippen LogP contribution in [0.5, 0.6) is 0 Å². The monoisotopic (exact) mass is 256 g/mol. The van der Waals surface area contributed by atoms with Gasteiger partial charge in [-0.1, -0.05) is 0 Å². The van der Waals surface area contributed by atoms with Gasteiger partial charge in [0.1, 0.15) is 11.2 Å². The molecule has 1 aromatic rings. The zero-order chi connectivity index (χ0) is 13.6. The van der Waals surface area contributed by atoms with Crippen LogP contribution in [-0.4, -0.2) is 58.7 Å². The molecule has 0 atom stereocenters. The number of hydrogen-bond donors (Lipinski definition) is 4. The highest BCUT2D eigenvalue weighted by molar-refractivity contribution is 5.88. The highest BCUT2D eigenvalue weighted by Crippen LogP contribution is 2.15. The average molecular weight is 256 g/mol. The van der Waals surface area contributed by atoms with Gasteiger partial charge in [-0.3, -0.25) is 0 Å². The molecule has 7 heteroatoms. The Balaban J connectivity index is 2.93. The van der Waals surface area contributed by atoms with Crippen molar-refractivity contribution >= 4 is 11.7 Å². The van der Waals surface area contributed by atoms with E-state index in [2.05, 4.69) is 15.0 Å². The molecule has 0 saturated carbocycles. The maximum Gasteiger partial charge on any atom is 0.356 e. The number of ether oxygens (including phenoxy) is 1. The van der Waals surface area contributed by atoms with Gasteiger partial charge >= 0.3 is 5.97 Å². The first kappa shape index (κ1) is 14.4. The van der Waals surface area contributed by atoms with E-state index >= 15 is 0 Å². The van der Waals surface area contributed by atoms with Crippen molar-refractivity contribution in [1.82, 2.24) is 4.98 Å². The first-order chi connectivity index (χ1) is 8.60. The molecule has 0 radical (unpaired) electrons. The third-order valence-electron chi connectivity index (χ3n) is 2.47. The van der Waals surface area contributed by atoms with Crippen LogP contribution in [0.3, 0.4) is 0 Å². The minimum atomic E-state index is -1.26. The lowest BCUT2D eigenvalue weighted by molar-refractivity contribution is 0.0594. The fourth-order valence-electron chi connectivity index (χ4n) is 1.30. The topological polar surface area (TPSA) is 112 Å². The Kier molecular flexibility index (Phi) is 5.02. The van der Waals surface area contributed by atoms with Crippen LogP contribution in [0, 0.1) is 0 Å². The summed E-state index contributed by atoms with van der Waals surface area (Å²) in [6.07, 6.45) is 1.38. The van der Waals surface area contributed by atoms with E-state index < -0.39 is 31.3 Å². The van der Waals surface area contributed by atoms with Gasteiger partial charge in [0.05, 0.1) is 26.9 Å². The van der Waals surface area contributed by atoms with E-state index in [0.717, 1.165) is 0 Å². The number of esters is 1. The Bertz CT molecular complexity index is 398. The second kappa shape index (κ2) is 6.29. The maximum absolute atomic E-state index is 11.3. The number of hydrogen-bond acceptors (Lipinski definition) is 7. The molecule has 0 bridgehead atoms. The molecule has 0 saturated heterocycles. The zero-order valence-corrected chi connectivity index (χ0v) is 9.96. The van der Waals surface area contributed by atoms with Crippen molar-refractivity contribution in [2.75, 3.05) is 32.2 Å². The largest absolute Gasteiger partial charge is 0.464 e. The molecule has 0 aromatic carbocycles. The summed E-state index contributed by atoms with van der Waals surface area (Å²) >= 11 is 0. The van der Waals surface area contributed by atoms with Gasteiger partial charge in [-0.2, -0.15) is 0 Å². The molecule has 7 nitrogen and oxygen atoms in total. The molecule has 0 aliphatic rings. The fourth-order valence-corrected chi connectivity index (χ4v) is 1.30. The number of pyridine rings is 1. The van der Waals surface area contributed by atoms with Crippen LogP contribution in [0.1, 0.15) is 10.5 Å². The molecule has 1 aromatic heterocycles. The second-order valence-corrected chi connectivity index (χ2v) is 3.80. The SMILES string of the molecule is COC(=O)c1cc(NC(CO)(CO)CO)ccn1. The standard InChI is InChI=1S/C11H16N2O5/c1-18-10(17)9-4-8(2-3-12-9)13-11(5-14,6-15)7-16/h2-4,14-16H,5-7H2,1H3,(H,12,13). The number of methoxy groups -OCH3 is 1. The van der Waals surface area contributed by atoms with Crippen molar-refractivity contribution in [1.29, 1.82) is 0 Å². The van der Waals surface area contributed by atoms with Crippen molar-refractivity contribution in [3.05, 3.63) is 24.0 Å². The summed E-state index contributed by atoms with van der Waals surface area (Å²) in [5, 5.41) is 30.3. The minimum Gasteiger partial charge on any atom is -0.464 e. The molecule has 18 heavy (non-hydrogen) atoms. The highest BCUT2D eigenvalue weighted by atomic mass is 16.5. The predicted octanol–water partition coefficient (Wildman–Crippen LogP) is -1.00. The third kappa shape index (κ3) is 3.16. The Morgan fingerprint density at radius 3 is 2.50 bits per heavy atom. The van der Waals surface area contributed by atoms with E-state index in [9.17, 15) is 20.1 Å². The number of aliphatic hydroxyl groups is 3. The molecule has 100 valence electrons. The Labute approximate surface area is 104 Å². The quantitative estimate of drug-likeness (QED) is 0.483. The molecule has 1 rings (SSSR count). The summed E-state index contributed by atoms with van der Waals surface area (Å²) in [6.45, 7) is -1.39. The lowest BCUT2D eigenvalue weighted by Crippen LogP contribution is -2.49. The molecular formula is C11H16N2O5. The lowest BCUT2D eigenvalue weighted by atomic mass is 10.0. The molecule has 0 unspecified atom stereocenters. The number of nitrogens with zero attached hydrogens (tertiary/aromatic N) is 1. The molecule has 0 spiro atoms. The fraction of sp³-hybridized carbons (Fsp3) is 0.455. The molecule has 4 N–H and O–H groups in total. The number of carbonyl (C=O) groups excluding carboxylic acids is 1. The highest BCUT2D eigenvalue weighted by Gasteiger charge is 2.27. The van der Waals surface area contributed by atoms with Gasteiger partial charge in [-0.15, -0.1) is 0 Å². The lowest BCUT2D eigenvalue weighted by Gasteiger charge is -2.29. The summed E-state index contributed by atoms with van der Waals surface area (Å²) in [5.74, 6) is -0.596. The van der Waals surface area contributed by atoms with Crippen LogP contribution < -0.4 is 5.32 Å². The smallest absolute Gasteiger partial charge is 0.356 e. The maximum atomic E-state index is 11.3. The predicted molar refractivity (Wildman–Crippen MR) is 63.2 cm³/mol. The van der Waals surface area contributed by atoms with Crippen LogP contribution >= 0.6 is 0 Å². The average Bonchev–Trinajstić information content (AvgIpc) is 2.44. The second-order valence-electron chi connectivity index (χ2n) is 3.80. The van der Waals surface area contributed by atoms with Crippen LogP contribution in [0.25, 0.3) is 0 Å². The first-order valence-corrected chi connectivity index (χ1v) is 5.26. The van der Waals surface area contributed by atoms with Crippen molar-refractivity contribution in [2.45, 2.75) is 5.54 Å². The Morgan fingerprint density at radius 2 is 2.00 bits per heavy atom. The summed E-state index contributed by atoms with van der Waals surface area (Å²) in [6, 6.07) is 2.95. The van der Waals surface area contributed by atoms with Crippen molar-refractivity contribution in [3.8, 4) is 0 Å². The van der Waals surface area contributed by atoms with Crippen LogP contribution in [0.4, 0.5) is 5.69 Å². The summed E-state index contributed by atoms with van der Waals surface area (Å²) in [4.78, 5) is 15.1. The normalized spacial score (nSPS) is 11.1. The summed E-state index contributed by atoms with van der Waals surface area (Å²) < 4.78 is 4.52.